The van der Waals surface area contributed by atoms with Crippen molar-refractivity contribution < 1.29 is 19.2 Å². The van der Waals surface area contributed by atoms with Gasteiger partial charge in [-0.3, -0.25) is 19.8 Å². The molecule has 1 heterocycles. The van der Waals surface area contributed by atoms with E-state index in [4.69, 9.17) is 9.47 Å². The smallest absolute Gasteiger partial charge is 0.269 e. The number of ether oxygens (including phenoxy) is 2. The lowest BCUT2D eigenvalue weighted by Crippen LogP contribution is -2.26. The Labute approximate surface area is 206 Å². The number of hydrogen-bond donors (Lipinski definition) is 0. The Morgan fingerprint density at radius 2 is 1.74 bits per heavy atom. The van der Waals surface area contributed by atoms with Crippen LogP contribution in [0.1, 0.15) is 24.2 Å². The van der Waals surface area contributed by atoms with E-state index in [1.807, 2.05) is 25.3 Å². The Hall–Kier alpha value is -4.24. The molecule has 0 N–H and O–H groups in total. The summed E-state index contributed by atoms with van der Waals surface area (Å²) in [4.78, 5) is 30.4. The van der Waals surface area contributed by atoms with Crippen LogP contribution in [-0.2, 0) is 0 Å². The Kier molecular flexibility index (Phi) is 7.07. The molecule has 4 rings (SSSR count). The number of hydrogen-bond acceptors (Lipinski definition) is 7. The first-order chi connectivity index (χ1) is 16.9. The van der Waals surface area contributed by atoms with Crippen molar-refractivity contribution in [3.63, 3.8) is 0 Å². The fourth-order valence-corrected chi connectivity index (χ4v) is 4.25. The maximum Gasteiger partial charge on any atom is 0.269 e. The van der Waals surface area contributed by atoms with Gasteiger partial charge >= 0.3 is 0 Å². The van der Waals surface area contributed by atoms with E-state index in [1.54, 1.807) is 61.7 Å². The lowest BCUT2D eigenvalue weighted by molar-refractivity contribution is -0.384. The van der Waals surface area contributed by atoms with Crippen molar-refractivity contribution in [2.45, 2.75) is 20.0 Å². The molecule has 0 spiro atoms. The van der Waals surface area contributed by atoms with E-state index in [2.05, 4.69) is 4.98 Å². The van der Waals surface area contributed by atoms with E-state index in [1.165, 1.54) is 28.4 Å². The molecule has 178 valence electrons. The number of rotatable bonds is 8. The van der Waals surface area contributed by atoms with Gasteiger partial charge in [0.15, 0.2) is 5.13 Å². The SMILES string of the molecule is COc1cccc(N(C(=O)c2ccc(OC(C)C)cc2)c2nc(-c3ccc([N+](=O)[O-])cc3)cs2)c1. The molecule has 0 saturated heterocycles. The summed E-state index contributed by atoms with van der Waals surface area (Å²) in [5, 5.41) is 13.2. The molecule has 0 fully saturated rings. The van der Waals surface area contributed by atoms with Gasteiger partial charge in [0.25, 0.3) is 11.6 Å². The van der Waals surface area contributed by atoms with E-state index >= 15 is 0 Å². The first kappa shape index (κ1) is 23.9. The van der Waals surface area contributed by atoms with Crippen molar-refractivity contribution in [1.29, 1.82) is 0 Å². The predicted molar refractivity (Wildman–Crippen MR) is 136 cm³/mol. The number of nitrogens with zero attached hydrogens (tertiary/aromatic N) is 3. The molecule has 0 atom stereocenters. The summed E-state index contributed by atoms with van der Waals surface area (Å²) in [5.41, 5.74) is 2.40. The third kappa shape index (κ3) is 5.47. The van der Waals surface area contributed by atoms with Crippen molar-refractivity contribution in [3.8, 4) is 22.8 Å². The molecule has 35 heavy (non-hydrogen) atoms. The first-order valence-electron chi connectivity index (χ1n) is 10.8. The van der Waals surface area contributed by atoms with E-state index < -0.39 is 4.92 Å². The van der Waals surface area contributed by atoms with Crippen LogP contribution in [0.3, 0.4) is 0 Å². The fourth-order valence-electron chi connectivity index (χ4n) is 3.39. The van der Waals surface area contributed by atoms with Crippen LogP contribution in [0.2, 0.25) is 0 Å². The van der Waals surface area contributed by atoms with Gasteiger partial charge in [-0.1, -0.05) is 6.07 Å². The molecular weight excluding hydrogens is 466 g/mol. The number of carbonyl (C=O) groups is 1. The zero-order chi connectivity index (χ0) is 24.9. The van der Waals surface area contributed by atoms with Gasteiger partial charge in [0.2, 0.25) is 0 Å². The summed E-state index contributed by atoms with van der Waals surface area (Å²) in [7, 11) is 1.56. The molecule has 0 aliphatic heterocycles. The van der Waals surface area contributed by atoms with Crippen LogP contribution >= 0.6 is 11.3 Å². The van der Waals surface area contributed by atoms with Gasteiger partial charge in [-0.05, 0) is 62.4 Å². The Morgan fingerprint density at radius 3 is 2.37 bits per heavy atom. The number of benzene rings is 3. The van der Waals surface area contributed by atoms with Crippen LogP contribution in [0, 0.1) is 10.1 Å². The largest absolute Gasteiger partial charge is 0.497 e. The second kappa shape index (κ2) is 10.4. The van der Waals surface area contributed by atoms with Crippen molar-refractivity contribution in [2.75, 3.05) is 12.0 Å². The molecule has 0 saturated carbocycles. The van der Waals surface area contributed by atoms with Crippen LogP contribution in [0.25, 0.3) is 11.3 Å². The van der Waals surface area contributed by atoms with Crippen LogP contribution in [-0.4, -0.2) is 29.0 Å². The summed E-state index contributed by atoms with van der Waals surface area (Å²) in [6.45, 7) is 3.88. The van der Waals surface area contributed by atoms with Gasteiger partial charge in [0.1, 0.15) is 11.5 Å². The third-order valence-electron chi connectivity index (χ3n) is 5.04. The van der Waals surface area contributed by atoms with Gasteiger partial charge in [-0.25, -0.2) is 4.98 Å². The minimum atomic E-state index is -0.447. The normalized spacial score (nSPS) is 10.7. The number of aromatic nitrogens is 1. The maximum atomic E-state index is 13.7. The predicted octanol–water partition coefficient (Wildman–Crippen LogP) is 6.49. The molecule has 0 aliphatic rings. The molecule has 1 amide bonds. The minimum absolute atomic E-state index is 0.00211. The molecule has 0 radical (unpaired) electrons. The first-order valence-corrected chi connectivity index (χ1v) is 11.7. The number of nitro groups is 1. The van der Waals surface area contributed by atoms with E-state index in [9.17, 15) is 14.9 Å². The van der Waals surface area contributed by atoms with Gasteiger partial charge < -0.3 is 9.47 Å². The van der Waals surface area contributed by atoms with Crippen LogP contribution in [0.4, 0.5) is 16.5 Å². The standard InChI is InChI=1S/C26H23N3O5S/c1-17(2)34-22-13-9-19(10-14-22)25(30)28(21-5-4-6-23(15-21)33-3)26-27-24(16-35-26)18-7-11-20(12-8-18)29(31)32/h4-17H,1-3H3. The van der Waals surface area contributed by atoms with Crippen LogP contribution in [0.15, 0.2) is 78.2 Å². The van der Waals surface area contributed by atoms with Crippen molar-refractivity contribution in [3.05, 3.63) is 93.9 Å². The number of amides is 1. The third-order valence-corrected chi connectivity index (χ3v) is 5.87. The minimum Gasteiger partial charge on any atom is -0.497 e. The topological polar surface area (TPSA) is 94.8 Å². The molecule has 0 unspecified atom stereocenters. The van der Waals surface area contributed by atoms with Gasteiger partial charge in [0.05, 0.1) is 29.5 Å². The number of thiazole rings is 1. The highest BCUT2D eigenvalue weighted by atomic mass is 32.1. The average molecular weight is 490 g/mol. The molecule has 0 bridgehead atoms. The second-order valence-electron chi connectivity index (χ2n) is 7.85. The second-order valence-corrected chi connectivity index (χ2v) is 8.69. The van der Waals surface area contributed by atoms with E-state index in [0.29, 0.717) is 39.1 Å². The highest BCUT2D eigenvalue weighted by molar-refractivity contribution is 7.14. The Balaban J connectivity index is 1.71. The molecule has 1 aromatic heterocycles. The van der Waals surface area contributed by atoms with Crippen molar-refractivity contribution in [1.82, 2.24) is 4.98 Å². The zero-order valence-electron chi connectivity index (χ0n) is 19.4. The number of methoxy groups -OCH3 is 1. The number of anilines is 2. The summed E-state index contributed by atoms with van der Waals surface area (Å²) < 4.78 is 11.0. The molecular formula is C26H23N3O5S. The number of nitro benzene ring substituents is 1. The highest BCUT2D eigenvalue weighted by Gasteiger charge is 2.24. The molecule has 8 nitrogen and oxygen atoms in total. The molecule has 0 aliphatic carbocycles. The molecule has 3 aromatic carbocycles. The summed E-state index contributed by atoms with van der Waals surface area (Å²) in [5.74, 6) is 1.02. The van der Waals surface area contributed by atoms with E-state index in [-0.39, 0.29) is 17.7 Å². The molecule has 9 heteroatoms. The lowest BCUT2D eigenvalue weighted by atomic mass is 10.1. The van der Waals surface area contributed by atoms with Gasteiger partial charge in [-0.2, -0.15) is 0 Å². The maximum absolute atomic E-state index is 13.7. The van der Waals surface area contributed by atoms with Gasteiger partial charge in [-0.15, -0.1) is 11.3 Å². The van der Waals surface area contributed by atoms with Crippen LogP contribution < -0.4 is 14.4 Å². The van der Waals surface area contributed by atoms with Crippen LogP contribution in [0.5, 0.6) is 11.5 Å². The van der Waals surface area contributed by atoms with E-state index in [0.717, 1.165) is 0 Å². The number of carbonyl (C=O) groups excluding carboxylic acids is 1. The van der Waals surface area contributed by atoms with Gasteiger partial charge in [0, 0.05) is 34.7 Å². The summed E-state index contributed by atoms with van der Waals surface area (Å²) in [6.07, 6.45) is 0.0259. The summed E-state index contributed by atoms with van der Waals surface area (Å²) in [6, 6.07) is 20.3. The number of non-ortho nitro benzene ring substituents is 1. The monoisotopic (exact) mass is 489 g/mol. The molecule has 4 aromatic rings. The Bertz CT molecular complexity index is 1330. The summed E-state index contributed by atoms with van der Waals surface area (Å²) >= 11 is 1.30. The van der Waals surface area contributed by atoms with Crippen molar-refractivity contribution >= 4 is 33.8 Å². The lowest BCUT2D eigenvalue weighted by Gasteiger charge is -2.21. The highest BCUT2D eigenvalue weighted by Crippen LogP contribution is 2.35. The average Bonchev–Trinajstić information content (AvgIpc) is 3.34. The quantitative estimate of drug-likeness (QED) is 0.207. The Morgan fingerprint density at radius 1 is 1.03 bits per heavy atom. The van der Waals surface area contributed by atoms with Crippen molar-refractivity contribution in [2.24, 2.45) is 0 Å². The fraction of sp³-hybridized carbons (Fsp3) is 0.154. The zero-order valence-corrected chi connectivity index (χ0v) is 20.2.